The first kappa shape index (κ1) is 18.9. The lowest BCUT2D eigenvalue weighted by molar-refractivity contribution is 0.0666. The maximum absolute atomic E-state index is 5.32. The number of piperidine rings is 2. The molecule has 3 rings (SSSR count). The number of hydrogen-bond acceptors (Lipinski definition) is 4. The monoisotopic (exact) mass is 348 g/mol. The number of aromatic nitrogens is 2. The number of rotatable bonds is 7. The fourth-order valence-electron chi connectivity index (χ4n) is 4.66. The van der Waals surface area contributed by atoms with Gasteiger partial charge in [-0.05, 0) is 71.1 Å². The predicted octanol–water partition coefficient (Wildman–Crippen LogP) is 2.92. The Hall–Kier alpha value is -0.910. The first-order valence-corrected chi connectivity index (χ1v) is 10.2. The van der Waals surface area contributed by atoms with Crippen LogP contribution in [0.5, 0.6) is 0 Å². The third kappa shape index (κ3) is 4.83. The van der Waals surface area contributed by atoms with Crippen molar-refractivity contribution in [3.63, 3.8) is 0 Å². The molecular formula is C20H36N4O. The van der Waals surface area contributed by atoms with Gasteiger partial charge in [-0.2, -0.15) is 0 Å². The molecule has 3 heterocycles. The normalized spacial score (nSPS) is 24.0. The molecule has 1 unspecified atom stereocenters. The lowest BCUT2D eigenvalue weighted by Crippen LogP contribution is -2.49. The molecule has 25 heavy (non-hydrogen) atoms. The van der Waals surface area contributed by atoms with Gasteiger partial charge >= 0.3 is 0 Å². The lowest BCUT2D eigenvalue weighted by Gasteiger charge is -2.42. The summed E-state index contributed by atoms with van der Waals surface area (Å²) < 4.78 is 7.70. The third-order valence-corrected chi connectivity index (χ3v) is 6.02. The number of likely N-dealkylation sites (tertiary alicyclic amines) is 2. The summed E-state index contributed by atoms with van der Waals surface area (Å²) in [6, 6.07) is 0.804. The molecule has 1 aromatic heterocycles. The minimum Gasteiger partial charge on any atom is -0.377 e. The Kier molecular flexibility index (Phi) is 6.91. The predicted molar refractivity (Wildman–Crippen MR) is 102 cm³/mol. The average Bonchev–Trinajstić information content (AvgIpc) is 2.97. The van der Waals surface area contributed by atoms with Gasteiger partial charge in [0, 0.05) is 38.1 Å². The second-order valence-corrected chi connectivity index (χ2v) is 7.94. The molecule has 5 nitrogen and oxygen atoms in total. The molecule has 0 N–H and O–H groups in total. The molecule has 0 aromatic carbocycles. The van der Waals surface area contributed by atoms with E-state index in [1.807, 2.05) is 6.20 Å². The van der Waals surface area contributed by atoms with E-state index in [0.29, 0.717) is 6.61 Å². The SMILES string of the molecule is CCCN1CCC(N2CCCC(Cn3c(C)cnc3COC)C2)CC1. The largest absolute Gasteiger partial charge is 0.377 e. The van der Waals surface area contributed by atoms with Crippen LogP contribution >= 0.6 is 0 Å². The van der Waals surface area contributed by atoms with Crippen LogP contribution in [0.25, 0.3) is 0 Å². The number of ether oxygens (including phenoxy) is 1. The smallest absolute Gasteiger partial charge is 0.134 e. The van der Waals surface area contributed by atoms with Crippen LogP contribution in [0, 0.1) is 12.8 Å². The van der Waals surface area contributed by atoms with Gasteiger partial charge in [-0.1, -0.05) is 6.92 Å². The van der Waals surface area contributed by atoms with E-state index < -0.39 is 0 Å². The van der Waals surface area contributed by atoms with Crippen molar-refractivity contribution in [3.8, 4) is 0 Å². The Morgan fingerprint density at radius 1 is 1.20 bits per heavy atom. The van der Waals surface area contributed by atoms with Crippen LogP contribution < -0.4 is 0 Å². The molecule has 0 radical (unpaired) electrons. The first-order valence-electron chi connectivity index (χ1n) is 10.2. The fourth-order valence-corrected chi connectivity index (χ4v) is 4.66. The van der Waals surface area contributed by atoms with E-state index in [1.165, 1.54) is 70.5 Å². The molecule has 0 spiro atoms. The number of imidazole rings is 1. The van der Waals surface area contributed by atoms with Gasteiger partial charge in [-0.15, -0.1) is 0 Å². The summed E-state index contributed by atoms with van der Waals surface area (Å²) in [6.07, 6.45) is 8.66. The van der Waals surface area contributed by atoms with Gasteiger partial charge in [0.05, 0.1) is 0 Å². The molecule has 2 aliphatic rings. The summed E-state index contributed by atoms with van der Waals surface area (Å²) >= 11 is 0. The maximum Gasteiger partial charge on any atom is 0.134 e. The minimum atomic E-state index is 0.611. The molecule has 1 atom stereocenters. The molecule has 2 saturated heterocycles. The van der Waals surface area contributed by atoms with Crippen LogP contribution in [0.4, 0.5) is 0 Å². The van der Waals surface area contributed by atoms with Crippen LogP contribution in [0.15, 0.2) is 6.20 Å². The Bertz CT molecular complexity index is 522. The zero-order valence-corrected chi connectivity index (χ0v) is 16.4. The van der Waals surface area contributed by atoms with Crippen molar-refractivity contribution in [2.45, 2.75) is 65.1 Å². The van der Waals surface area contributed by atoms with E-state index >= 15 is 0 Å². The maximum atomic E-state index is 5.32. The van der Waals surface area contributed by atoms with E-state index in [2.05, 4.69) is 33.2 Å². The molecule has 142 valence electrons. The van der Waals surface area contributed by atoms with E-state index in [9.17, 15) is 0 Å². The topological polar surface area (TPSA) is 33.5 Å². The second-order valence-electron chi connectivity index (χ2n) is 7.94. The van der Waals surface area contributed by atoms with Gasteiger partial charge in [0.1, 0.15) is 12.4 Å². The van der Waals surface area contributed by atoms with Gasteiger partial charge in [0.2, 0.25) is 0 Å². The lowest BCUT2D eigenvalue weighted by atomic mass is 9.93. The molecule has 0 aliphatic carbocycles. The molecular weight excluding hydrogens is 312 g/mol. The zero-order chi connectivity index (χ0) is 17.6. The van der Waals surface area contributed by atoms with E-state index in [0.717, 1.165) is 24.3 Å². The molecule has 2 fully saturated rings. The summed E-state index contributed by atoms with van der Waals surface area (Å²) in [5.41, 5.74) is 1.26. The summed E-state index contributed by atoms with van der Waals surface area (Å²) in [5, 5.41) is 0. The van der Waals surface area contributed by atoms with Crippen molar-refractivity contribution in [3.05, 3.63) is 17.7 Å². The zero-order valence-electron chi connectivity index (χ0n) is 16.4. The summed E-state index contributed by atoms with van der Waals surface area (Å²) in [5.74, 6) is 1.82. The number of aryl methyl sites for hydroxylation is 1. The van der Waals surface area contributed by atoms with Crippen molar-refractivity contribution < 1.29 is 4.74 Å². The minimum absolute atomic E-state index is 0.611. The fraction of sp³-hybridized carbons (Fsp3) is 0.850. The molecule has 0 bridgehead atoms. The van der Waals surface area contributed by atoms with E-state index in [1.54, 1.807) is 7.11 Å². The molecule has 1 aromatic rings. The second kappa shape index (κ2) is 9.15. The standard InChI is InChI=1S/C20H36N4O/c1-4-9-22-11-7-19(8-12-22)23-10-5-6-18(14-23)15-24-17(2)13-21-20(24)16-25-3/h13,18-19H,4-12,14-16H2,1-3H3. The van der Waals surface area contributed by atoms with Crippen molar-refractivity contribution in [1.82, 2.24) is 19.4 Å². The van der Waals surface area contributed by atoms with Gasteiger partial charge in [0.15, 0.2) is 0 Å². The number of methoxy groups -OCH3 is 1. The molecule has 0 saturated carbocycles. The summed E-state index contributed by atoms with van der Waals surface area (Å²) in [6.45, 7) is 12.6. The Morgan fingerprint density at radius 2 is 2.00 bits per heavy atom. The molecule has 5 heteroatoms. The van der Waals surface area contributed by atoms with Crippen LogP contribution in [0.2, 0.25) is 0 Å². The Morgan fingerprint density at radius 3 is 2.72 bits per heavy atom. The Balaban J connectivity index is 1.54. The van der Waals surface area contributed by atoms with Crippen molar-refractivity contribution in [2.75, 3.05) is 39.8 Å². The van der Waals surface area contributed by atoms with Crippen LogP contribution in [-0.4, -0.2) is 65.2 Å². The highest BCUT2D eigenvalue weighted by Crippen LogP contribution is 2.25. The van der Waals surface area contributed by atoms with Crippen LogP contribution in [0.1, 0.15) is 50.5 Å². The van der Waals surface area contributed by atoms with Crippen molar-refractivity contribution in [1.29, 1.82) is 0 Å². The summed E-state index contributed by atoms with van der Waals surface area (Å²) in [4.78, 5) is 9.96. The van der Waals surface area contributed by atoms with Gasteiger partial charge in [-0.3, -0.25) is 4.90 Å². The van der Waals surface area contributed by atoms with Crippen molar-refractivity contribution in [2.24, 2.45) is 5.92 Å². The highest BCUT2D eigenvalue weighted by Gasteiger charge is 2.29. The first-order chi connectivity index (χ1) is 12.2. The van der Waals surface area contributed by atoms with E-state index in [-0.39, 0.29) is 0 Å². The van der Waals surface area contributed by atoms with Crippen molar-refractivity contribution >= 4 is 0 Å². The molecule has 0 amide bonds. The number of hydrogen-bond donors (Lipinski definition) is 0. The highest BCUT2D eigenvalue weighted by molar-refractivity contribution is 5.03. The van der Waals surface area contributed by atoms with E-state index in [4.69, 9.17) is 4.74 Å². The quantitative estimate of drug-likeness (QED) is 0.759. The van der Waals surface area contributed by atoms with Gasteiger partial charge in [-0.25, -0.2) is 4.98 Å². The number of nitrogens with zero attached hydrogens (tertiary/aromatic N) is 4. The van der Waals surface area contributed by atoms with Gasteiger partial charge < -0.3 is 14.2 Å². The summed E-state index contributed by atoms with van der Waals surface area (Å²) in [7, 11) is 1.75. The third-order valence-electron chi connectivity index (χ3n) is 6.02. The Labute approximate surface area is 153 Å². The molecule has 2 aliphatic heterocycles. The van der Waals surface area contributed by atoms with Crippen LogP contribution in [-0.2, 0) is 17.9 Å². The highest BCUT2D eigenvalue weighted by atomic mass is 16.5. The average molecular weight is 349 g/mol. The van der Waals surface area contributed by atoms with Gasteiger partial charge in [0.25, 0.3) is 0 Å². The van der Waals surface area contributed by atoms with Crippen LogP contribution in [0.3, 0.4) is 0 Å².